The van der Waals surface area contributed by atoms with E-state index in [1.54, 1.807) is 12.1 Å². The molecule has 0 aliphatic carbocycles. The third-order valence-corrected chi connectivity index (χ3v) is 3.82. The molecular formula is C14H18NO3S-. The number of anilines is 1. The molecule has 4 nitrogen and oxygen atoms in total. The van der Waals surface area contributed by atoms with Crippen LogP contribution in [0.3, 0.4) is 0 Å². The summed E-state index contributed by atoms with van der Waals surface area (Å²) in [6.45, 7) is 2.00. The first kappa shape index (κ1) is 15.6. The third-order valence-electron chi connectivity index (χ3n) is 2.56. The molecule has 1 aromatic carbocycles. The fraction of sp³-hybridized carbons (Fsp3) is 0.429. The highest BCUT2D eigenvalue weighted by molar-refractivity contribution is 8.01. The van der Waals surface area contributed by atoms with Crippen LogP contribution in [0.4, 0.5) is 5.69 Å². The van der Waals surface area contributed by atoms with Crippen molar-refractivity contribution in [2.75, 3.05) is 11.1 Å². The number of rotatable bonds is 8. The minimum atomic E-state index is -1.09. The highest BCUT2D eigenvalue weighted by Gasteiger charge is 2.12. The van der Waals surface area contributed by atoms with Crippen LogP contribution in [0.1, 0.15) is 26.2 Å². The highest BCUT2D eigenvalue weighted by Crippen LogP contribution is 2.17. The molecule has 19 heavy (non-hydrogen) atoms. The van der Waals surface area contributed by atoms with Gasteiger partial charge in [-0.15, -0.1) is 11.8 Å². The SMILES string of the molecule is CCCC[C@@H](SCC(=O)Nc1ccccc1)C(=O)[O-]. The van der Waals surface area contributed by atoms with E-state index in [1.165, 1.54) is 0 Å². The number of aliphatic carboxylic acids is 1. The molecule has 5 heteroatoms. The van der Waals surface area contributed by atoms with E-state index in [2.05, 4.69) is 5.32 Å². The van der Waals surface area contributed by atoms with Crippen molar-refractivity contribution < 1.29 is 14.7 Å². The molecule has 0 fully saturated rings. The van der Waals surface area contributed by atoms with E-state index >= 15 is 0 Å². The first-order valence-corrected chi connectivity index (χ1v) is 7.35. The Morgan fingerprint density at radius 3 is 2.58 bits per heavy atom. The zero-order chi connectivity index (χ0) is 14.1. The third kappa shape index (κ3) is 6.29. The summed E-state index contributed by atoms with van der Waals surface area (Å²) in [4.78, 5) is 22.6. The van der Waals surface area contributed by atoms with Gasteiger partial charge >= 0.3 is 0 Å². The summed E-state index contributed by atoms with van der Waals surface area (Å²) in [5.74, 6) is -1.16. The summed E-state index contributed by atoms with van der Waals surface area (Å²) < 4.78 is 0. The molecule has 0 unspecified atom stereocenters. The van der Waals surface area contributed by atoms with E-state index < -0.39 is 11.2 Å². The molecule has 0 radical (unpaired) electrons. The molecule has 1 amide bonds. The summed E-state index contributed by atoms with van der Waals surface area (Å²) in [5.41, 5.74) is 0.714. The monoisotopic (exact) mass is 280 g/mol. The van der Waals surface area contributed by atoms with Crippen LogP contribution in [0.15, 0.2) is 30.3 Å². The lowest BCUT2D eigenvalue weighted by molar-refractivity contribution is -0.304. The van der Waals surface area contributed by atoms with Crippen molar-refractivity contribution >= 4 is 29.3 Å². The number of hydrogen-bond acceptors (Lipinski definition) is 4. The number of amides is 1. The van der Waals surface area contributed by atoms with Crippen LogP contribution in [0, 0.1) is 0 Å². The van der Waals surface area contributed by atoms with E-state index in [-0.39, 0.29) is 11.7 Å². The maximum Gasteiger partial charge on any atom is 0.234 e. The molecular weight excluding hydrogens is 262 g/mol. The standard InChI is InChI=1S/C14H19NO3S/c1-2-3-9-12(14(17)18)19-10-13(16)15-11-7-5-4-6-8-11/h4-8,12H,2-3,9-10H2,1H3,(H,15,16)(H,17,18)/p-1/t12-/m1/s1. The van der Waals surface area contributed by atoms with Gasteiger partial charge in [-0.2, -0.15) is 0 Å². The highest BCUT2D eigenvalue weighted by atomic mass is 32.2. The van der Waals surface area contributed by atoms with Crippen LogP contribution >= 0.6 is 11.8 Å². The number of carbonyl (C=O) groups excluding carboxylic acids is 2. The largest absolute Gasteiger partial charge is 0.549 e. The number of benzene rings is 1. The van der Waals surface area contributed by atoms with E-state index in [0.29, 0.717) is 12.1 Å². The predicted octanol–water partition coefficient (Wildman–Crippen LogP) is 1.67. The van der Waals surface area contributed by atoms with Gasteiger partial charge in [0.15, 0.2) is 0 Å². The normalized spacial score (nSPS) is 11.8. The van der Waals surface area contributed by atoms with Gasteiger partial charge in [0.1, 0.15) is 0 Å². The van der Waals surface area contributed by atoms with Crippen molar-refractivity contribution in [3.8, 4) is 0 Å². The minimum absolute atomic E-state index is 0.122. The Morgan fingerprint density at radius 2 is 2.00 bits per heavy atom. The molecule has 1 N–H and O–H groups in total. The average Bonchev–Trinajstić information content (AvgIpc) is 2.39. The van der Waals surface area contributed by atoms with Crippen LogP contribution < -0.4 is 10.4 Å². The van der Waals surface area contributed by atoms with Crippen molar-refractivity contribution in [3.63, 3.8) is 0 Å². The van der Waals surface area contributed by atoms with Crippen molar-refractivity contribution in [2.45, 2.75) is 31.4 Å². The number of carbonyl (C=O) groups is 2. The van der Waals surface area contributed by atoms with Crippen LogP contribution in [0.5, 0.6) is 0 Å². The number of nitrogens with one attached hydrogen (secondary N) is 1. The maximum absolute atomic E-state index is 11.7. The summed E-state index contributed by atoms with van der Waals surface area (Å²) >= 11 is 1.12. The van der Waals surface area contributed by atoms with Gasteiger partial charge in [-0.05, 0) is 18.6 Å². The van der Waals surface area contributed by atoms with Crippen molar-refractivity contribution in [1.29, 1.82) is 0 Å². The average molecular weight is 280 g/mol. The molecule has 0 bridgehead atoms. The molecule has 0 aliphatic heterocycles. The summed E-state index contributed by atoms with van der Waals surface area (Å²) in [7, 11) is 0. The number of carboxylic acids is 1. The smallest absolute Gasteiger partial charge is 0.234 e. The Balaban J connectivity index is 2.37. The van der Waals surface area contributed by atoms with E-state index in [1.807, 2.05) is 25.1 Å². The van der Waals surface area contributed by atoms with Gasteiger partial charge in [-0.1, -0.05) is 38.0 Å². The van der Waals surface area contributed by atoms with Crippen molar-refractivity contribution in [2.24, 2.45) is 0 Å². The Labute approximate surface area is 117 Å². The van der Waals surface area contributed by atoms with Gasteiger partial charge in [0, 0.05) is 10.9 Å². The fourth-order valence-electron chi connectivity index (χ4n) is 1.55. The quantitative estimate of drug-likeness (QED) is 0.786. The minimum Gasteiger partial charge on any atom is -0.549 e. The molecule has 1 aromatic rings. The topological polar surface area (TPSA) is 69.2 Å². The molecule has 0 aromatic heterocycles. The summed E-state index contributed by atoms with van der Waals surface area (Å²) in [6, 6.07) is 9.09. The lowest BCUT2D eigenvalue weighted by atomic mass is 10.2. The Bertz CT molecular complexity index is 408. The van der Waals surface area contributed by atoms with Crippen LogP contribution in [-0.2, 0) is 9.59 Å². The molecule has 104 valence electrons. The maximum atomic E-state index is 11.7. The van der Waals surface area contributed by atoms with Gasteiger partial charge in [0.2, 0.25) is 5.91 Å². The molecule has 0 aliphatic rings. The number of carboxylic acid groups (broad SMARTS) is 1. The predicted molar refractivity (Wildman–Crippen MR) is 75.8 cm³/mol. The van der Waals surface area contributed by atoms with E-state index in [0.717, 1.165) is 24.6 Å². The molecule has 0 saturated carbocycles. The van der Waals surface area contributed by atoms with Crippen LogP contribution in [-0.4, -0.2) is 22.9 Å². The van der Waals surface area contributed by atoms with Gasteiger partial charge in [-0.3, -0.25) is 4.79 Å². The molecule has 0 saturated heterocycles. The Kier molecular flexibility index (Phi) is 7.03. The second-order valence-corrected chi connectivity index (χ2v) is 5.37. The summed E-state index contributed by atoms with van der Waals surface area (Å²) in [5, 5.41) is 13.0. The van der Waals surface area contributed by atoms with Crippen molar-refractivity contribution in [1.82, 2.24) is 0 Å². The molecule has 1 atom stereocenters. The number of unbranched alkanes of at least 4 members (excludes halogenated alkanes) is 1. The first-order valence-electron chi connectivity index (χ1n) is 6.31. The van der Waals surface area contributed by atoms with Crippen molar-refractivity contribution in [3.05, 3.63) is 30.3 Å². The first-order chi connectivity index (χ1) is 9.13. The van der Waals surface area contributed by atoms with Gasteiger partial charge in [-0.25, -0.2) is 0 Å². The second kappa shape index (κ2) is 8.58. The Morgan fingerprint density at radius 1 is 1.32 bits per heavy atom. The lowest BCUT2D eigenvalue weighted by Crippen LogP contribution is -2.34. The number of hydrogen-bond donors (Lipinski definition) is 1. The molecule has 0 heterocycles. The van der Waals surface area contributed by atoms with Gasteiger partial charge in [0.05, 0.1) is 11.7 Å². The number of thioether (sulfide) groups is 1. The van der Waals surface area contributed by atoms with Gasteiger partial charge < -0.3 is 15.2 Å². The van der Waals surface area contributed by atoms with E-state index in [9.17, 15) is 14.7 Å². The zero-order valence-corrected chi connectivity index (χ0v) is 11.7. The molecule has 1 rings (SSSR count). The molecule has 0 spiro atoms. The second-order valence-electron chi connectivity index (χ2n) is 4.18. The van der Waals surface area contributed by atoms with Gasteiger partial charge in [0.25, 0.3) is 0 Å². The zero-order valence-electron chi connectivity index (χ0n) is 10.9. The lowest BCUT2D eigenvalue weighted by Gasteiger charge is -2.16. The Hall–Kier alpha value is -1.49. The fourth-order valence-corrected chi connectivity index (χ4v) is 2.45. The summed E-state index contributed by atoms with van der Waals surface area (Å²) in [6.07, 6.45) is 2.30. The number of para-hydroxylation sites is 1. The van der Waals surface area contributed by atoms with Crippen LogP contribution in [0.2, 0.25) is 0 Å². The van der Waals surface area contributed by atoms with E-state index in [4.69, 9.17) is 0 Å². The van der Waals surface area contributed by atoms with Crippen LogP contribution in [0.25, 0.3) is 0 Å².